The molecule has 9 nitrogen and oxygen atoms in total. The van der Waals surface area contributed by atoms with Gasteiger partial charge in [-0.05, 0) is 102 Å². The Hall–Kier alpha value is -3.70. The molecule has 226 valence electrons. The molecule has 0 aliphatic heterocycles. The number of nitrogens with zero attached hydrogens (tertiary/aromatic N) is 5. The number of ether oxygens (including phenoxy) is 1. The van der Waals surface area contributed by atoms with E-state index in [2.05, 4.69) is 30.4 Å². The van der Waals surface area contributed by atoms with Gasteiger partial charge in [0, 0.05) is 23.1 Å². The van der Waals surface area contributed by atoms with Gasteiger partial charge in [-0.1, -0.05) is 17.3 Å². The van der Waals surface area contributed by atoms with Crippen LogP contribution in [0.1, 0.15) is 84.9 Å². The van der Waals surface area contributed by atoms with Crippen LogP contribution in [0.3, 0.4) is 0 Å². The van der Waals surface area contributed by atoms with Crippen molar-refractivity contribution in [1.29, 1.82) is 0 Å². The van der Waals surface area contributed by atoms with Gasteiger partial charge in [0.25, 0.3) is 5.89 Å². The predicted molar refractivity (Wildman–Crippen MR) is 150 cm³/mol. The van der Waals surface area contributed by atoms with E-state index in [1.54, 1.807) is 29.3 Å². The minimum atomic E-state index is -2.91. The second kappa shape index (κ2) is 10.9. The lowest BCUT2D eigenvalue weighted by Crippen LogP contribution is -2.55. The second-order valence-corrected chi connectivity index (χ2v) is 13.1. The van der Waals surface area contributed by atoms with E-state index in [1.165, 1.54) is 26.0 Å². The normalized spacial score (nSPS) is 22.3. The molecule has 0 atom stereocenters. The van der Waals surface area contributed by atoms with Crippen molar-refractivity contribution in [3.63, 3.8) is 0 Å². The minimum Gasteiger partial charge on any atom is -0.435 e. The lowest BCUT2D eigenvalue weighted by atomic mass is 9.53. The van der Waals surface area contributed by atoms with Crippen molar-refractivity contribution in [3.8, 4) is 16.9 Å². The Bertz CT molecular complexity index is 1390. The van der Waals surface area contributed by atoms with Crippen LogP contribution in [0.5, 0.6) is 5.75 Å². The quantitative estimate of drug-likeness (QED) is 0.305. The number of anilines is 1. The molecule has 0 unspecified atom stereocenters. The van der Waals surface area contributed by atoms with Crippen LogP contribution in [0.4, 0.5) is 23.8 Å². The number of carbonyl (C=O) groups is 1. The summed E-state index contributed by atoms with van der Waals surface area (Å²) >= 11 is 0. The third-order valence-corrected chi connectivity index (χ3v) is 8.36. The van der Waals surface area contributed by atoms with Gasteiger partial charge in [0.15, 0.2) is 17.3 Å². The lowest BCUT2D eigenvalue weighted by molar-refractivity contribution is -0.0498. The van der Waals surface area contributed by atoms with Gasteiger partial charge in [-0.15, -0.1) is 5.10 Å². The SMILES string of the molecule is CC(C)(C)NC(=O)N(CC12CCC(c3noc(C(C)(C)F)n3)(CC1)CC2)c1cc(-c2ccc(OC(F)F)cc2)cnn1. The zero-order valence-corrected chi connectivity index (χ0v) is 24.6. The topological polar surface area (TPSA) is 106 Å². The van der Waals surface area contributed by atoms with Crippen LogP contribution in [0.15, 0.2) is 41.1 Å². The summed E-state index contributed by atoms with van der Waals surface area (Å²) < 4.78 is 49.3. The van der Waals surface area contributed by atoms with Crippen LogP contribution >= 0.6 is 0 Å². The molecule has 6 rings (SSSR count). The standard InChI is InChI=1S/C30H37F3N6O3/c1-27(2,3)36-26(40)39(22-16-20(17-34-37-22)19-6-8-21(9-7-19)41-25(31)32)18-29-10-13-30(14-11-29,15-12-29)23-35-24(42-38-23)28(4,5)33/h6-9,16-17,25H,10-15,18H2,1-5H3,(H,36,40). The number of aromatic nitrogens is 4. The van der Waals surface area contributed by atoms with Gasteiger partial charge >= 0.3 is 12.6 Å². The average molecular weight is 587 g/mol. The van der Waals surface area contributed by atoms with E-state index >= 15 is 0 Å². The maximum absolute atomic E-state index is 14.4. The number of urea groups is 1. The van der Waals surface area contributed by atoms with Gasteiger partial charge in [0.1, 0.15) is 5.75 Å². The van der Waals surface area contributed by atoms with Gasteiger partial charge in [-0.25, -0.2) is 9.18 Å². The van der Waals surface area contributed by atoms with Crippen LogP contribution in [-0.2, 0) is 11.1 Å². The Labute approximate surface area is 243 Å². The van der Waals surface area contributed by atoms with Gasteiger partial charge < -0.3 is 14.6 Å². The molecule has 3 aromatic rings. The van der Waals surface area contributed by atoms with Gasteiger partial charge in [0.2, 0.25) is 0 Å². The monoisotopic (exact) mass is 586 g/mol. The number of halogens is 3. The molecule has 3 saturated carbocycles. The maximum Gasteiger partial charge on any atom is 0.387 e. The van der Waals surface area contributed by atoms with Crippen LogP contribution in [0.25, 0.3) is 11.1 Å². The first-order chi connectivity index (χ1) is 19.7. The summed E-state index contributed by atoms with van der Waals surface area (Å²) in [7, 11) is 0. The third-order valence-electron chi connectivity index (χ3n) is 8.36. The van der Waals surface area contributed by atoms with E-state index in [0.29, 0.717) is 23.8 Å². The van der Waals surface area contributed by atoms with Crippen molar-refractivity contribution >= 4 is 11.8 Å². The molecule has 3 fully saturated rings. The molecule has 2 amide bonds. The molecule has 42 heavy (non-hydrogen) atoms. The van der Waals surface area contributed by atoms with Gasteiger partial charge in [-0.2, -0.15) is 18.9 Å². The first-order valence-electron chi connectivity index (χ1n) is 14.2. The predicted octanol–water partition coefficient (Wildman–Crippen LogP) is 6.94. The summed E-state index contributed by atoms with van der Waals surface area (Å²) in [6.45, 7) is 6.09. The first kappa shape index (κ1) is 29.8. The molecular formula is C30H37F3N6O3. The fourth-order valence-corrected chi connectivity index (χ4v) is 5.97. The molecule has 0 radical (unpaired) electrons. The second-order valence-electron chi connectivity index (χ2n) is 13.1. The number of benzene rings is 1. The number of hydrogen-bond donors (Lipinski definition) is 1. The van der Waals surface area contributed by atoms with Crippen LogP contribution in [-0.4, -0.2) is 45.1 Å². The zero-order chi connectivity index (χ0) is 30.3. The molecule has 1 N–H and O–H groups in total. The Kier molecular flexibility index (Phi) is 7.69. The smallest absolute Gasteiger partial charge is 0.387 e. The lowest BCUT2D eigenvalue weighted by Gasteiger charge is -2.53. The van der Waals surface area contributed by atoms with Gasteiger partial charge in [-0.3, -0.25) is 4.90 Å². The molecule has 2 bridgehead atoms. The number of rotatable bonds is 8. The fraction of sp³-hybridized carbons (Fsp3) is 0.567. The number of nitrogens with one attached hydrogen (secondary N) is 1. The summed E-state index contributed by atoms with van der Waals surface area (Å²) in [5, 5.41) is 15.7. The summed E-state index contributed by atoms with van der Waals surface area (Å²) in [6, 6.07) is 7.74. The van der Waals surface area contributed by atoms with E-state index in [9.17, 15) is 18.0 Å². The number of alkyl halides is 3. The summed E-state index contributed by atoms with van der Waals surface area (Å²) in [5.41, 5.74) is -1.18. The van der Waals surface area contributed by atoms with Crippen molar-refractivity contribution in [1.82, 2.24) is 25.7 Å². The molecule has 12 heteroatoms. The highest BCUT2D eigenvalue weighted by molar-refractivity contribution is 5.92. The molecule has 1 aromatic carbocycles. The largest absolute Gasteiger partial charge is 0.435 e. The van der Waals surface area contributed by atoms with Crippen molar-refractivity contribution in [2.24, 2.45) is 5.41 Å². The summed E-state index contributed by atoms with van der Waals surface area (Å²) in [4.78, 5) is 19.8. The number of hydrogen-bond acceptors (Lipinski definition) is 7. The molecule has 0 saturated heterocycles. The minimum absolute atomic E-state index is 0.00560. The Morgan fingerprint density at radius 3 is 2.24 bits per heavy atom. The highest BCUT2D eigenvalue weighted by atomic mass is 19.3. The zero-order valence-electron chi connectivity index (χ0n) is 24.6. The molecule has 0 spiro atoms. The number of amides is 2. The van der Waals surface area contributed by atoms with Crippen molar-refractivity contribution in [2.75, 3.05) is 11.4 Å². The molecule has 2 aromatic heterocycles. The molecule has 2 heterocycles. The van der Waals surface area contributed by atoms with E-state index in [0.717, 1.165) is 44.1 Å². The van der Waals surface area contributed by atoms with E-state index in [4.69, 9.17) is 4.52 Å². The number of carbonyl (C=O) groups excluding carboxylic acids is 1. The Morgan fingerprint density at radius 1 is 1.05 bits per heavy atom. The summed E-state index contributed by atoms with van der Waals surface area (Å²) in [5.74, 6) is 1.01. The Morgan fingerprint density at radius 2 is 1.69 bits per heavy atom. The van der Waals surface area contributed by atoms with Crippen LogP contribution in [0.2, 0.25) is 0 Å². The summed E-state index contributed by atoms with van der Waals surface area (Å²) in [6.07, 6.45) is 6.53. The van der Waals surface area contributed by atoms with E-state index < -0.39 is 17.8 Å². The van der Waals surface area contributed by atoms with Crippen LogP contribution in [0, 0.1) is 5.41 Å². The van der Waals surface area contributed by atoms with Crippen molar-refractivity contribution < 1.29 is 27.2 Å². The molecular weight excluding hydrogens is 549 g/mol. The number of fused-ring (bicyclic) bond motifs is 3. The van der Waals surface area contributed by atoms with E-state index in [1.807, 2.05) is 20.8 Å². The first-order valence-corrected chi connectivity index (χ1v) is 14.2. The average Bonchev–Trinajstić information content (AvgIpc) is 3.44. The fourth-order valence-electron chi connectivity index (χ4n) is 5.97. The maximum atomic E-state index is 14.4. The highest BCUT2D eigenvalue weighted by Gasteiger charge is 2.53. The molecule has 3 aliphatic carbocycles. The molecule has 3 aliphatic rings. The Balaban J connectivity index is 1.38. The third kappa shape index (κ3) is 6.37. The van der Waals surface area contributed by atoms with Gasteiger partial charge in [0.05, 0.1) is 6.20 Å². The van der Waals surface area contributed by atoms with Crippen molar-refractivity contribution in [2.45, 2.75) is 96.4 Å². The van der Waals surface area contributed by atoms with Crippen LogP contribution < -0.4 is 15.0 Å². The van der Waals surface area contributed by atoms with E-state index in [-0.39, 0.29) is 28.5 Å². The highest BCUT2D eigenvalue weighted by Crippen LogP contribution is 2.57. The van der Waals surface area contributed by atoms with Crippen molar-refractivity contribution in [3.05, 3.63) is 48.2 Å².